The zero-order valence-corrected chi connectivity index (χ0v) is 20.5. The molecule has 1 fully saturated rings. The second kappa shape index (κ2) is 10.5. The predicted molar refractivity (Wildman–Crippen MR) is 130 cm³/mol. The molecule has 0 radical (unpaired) electrons. The van der Waals surface area contributed by atoms with Gasteiger partial charge in [-0.3, -0.25) is 9.69 Å². The van der Waals surface area contributed by atoms with Gasteiger partial charge in [0.05, 0.1) is 29.3 Å². The fourth-order valence-corrected chi connectivity index (χ4v) is 4.57. The van der Waals surface area contributed by atoms with Crippen LogP contribution in [0.1, 0.15) is 12.5 Å². The van der Waals surface area contributed by atoms with Crippen molar-refractivity contribution < 1.29 is 23.8 Å². The molecule has 0 aromatic heterocycles. The van der Waals surface area contributed by atoms with Crippen molar-refractivity contribution in [2.45, 2.75) is 6.92 Å². The van der Waals surface area contributed by atoms with Gasteiger partial charge in [0, 0.05) is 4.47 Å². The lowest BCUT2D eigenvalue weighted by molar-refractivity contribution is -0.145. The minimum absolute atomic E-state index is 0.219. The van der Waals surface area contributed by atoms with Crippen molar-refractivity contribution in [1.82, 2.24) is 0 Å². The summed E-state index contributed by atoms with van der Waals surface area (Å²) in [6.45, 7) is 1.67. The average Bonchev–Trinajstić information content (AvgIpc) is 3.00. The number of carbonyl (C=O) groups is 2. The van der Waals surface area contributed by atoms with Gasteiger partial charge in [-0.05, 0) is 55.0 Å². The quantitative estimate of drug-likeness (QED) is 0.262. The van der Waals surface area contributed by atoms with E-state index in [0.29, 0.717) is 26.2 Å². The van der Waals surface area contributed by atoms with Crippen molar-refractivity contribution >= 4 is 79.5 Å². The van der Waals surface area contributed by atoms with Gasteiger partial charge >= 0.3 is 5.97 Å². The number of halogens is 2. The summed E-state index contributed by atoms with van der Waals surface area (Å²) in [5.41, 5.74) is 1.31. The van der Waals surface area contributed by atoms with Crippen LogP contribution in [0, 0.1) is 0 Å². The molecule has 162 valence electrons. The molecule has 1 heterocycles. The summed E-state index contributed by atoms with van der Waals surface area (Å²) in [5, 5.41) is 0.235. The Balaban J connectivity index is 1.85. The second-order valence-corrected chi connectivity index (χ2v) is 9.12. The second-order valence-electron chi connectivity index (χ2n) is 6.12. The maximum Gasteiger partial charge on any atom is 0.344 e. The van der Waals surface area contributed by atoms with E-state index in [0.717, 1.165) is 4.47 Å². The van der Waals surface area contributed by atoms with Gasteiger partial charge in [-0.15, -0.1) is 0 Å². The minimum atomic E-state index is -0.513. The summed E-state index contributed by atoms with van der Waals surface area (Å²) in [7, 11) is 1.46. The fraction of sp³-hybridized carbons (Fsp3) is 0.190. The van der Waals surface area contributed by atoms with Crippen LogP contribution in [0.5, 0.6) is 11.5 Å². The zero-order chi connectivity index (χ0) is 22.5. The van der Waals surface area contributed by atoms with Crippen LogP contribution in [0.25, 0.3) is 6.08 Å². The van der Waals surface area contributed by atoms with Gasteiger partial charge in [-0.25, -0.2) is 4.79 Å². The highest BCUT2D eigenvalue weighted by Crippen LogP contribution is 2.40. The van der Waals surface area contributed by atoms with E-state index in [2.05, 4.69) is 15.9 Å². The molecule has 31 heavy (non-hydrogen) atoms. The smallest absolute Gasteiger partial charge is 0.344 e. The molecule has 1 aliphatic heterocycles. The standard InChI is InChI=1S/C21H17BrClNO5S2/c1-3-28-18(25)11-29-19-15(23)8-12(9-16(19)27-2)10-17-20(26)24(21(30)31-17)14-6-4-13(22)5-7-14/h4-10H,3,11H2,1-2H3. The van der Waals surface area contributed by atoms with Crippen molar-refractivity contribution in [3.8, 4) is 11.5 Å². The number of hydrogen-bond acceptors (Lipinski definition) is 7. The number of carbonyl (C=O) groups excluding carboxylic acids is 2. The lowest BCUT2D eigenvalue weighted by Crippen LogP contribution is -2.27. The molecule has 0 aliphatic carbocycles. The Kier molecular flexibility index (Phi) is 7.99. The number of hydrogen-bond donors (Lipinski definition) is 0. The number of anilines is 1. The van der Waals surface area contributed by atoms with E-state index in [1.165, 1.54) is 23.8 Å². The zero-order valence-electron chi connectivity index (χ0n) is 16.5. The largest absolute Gasteiger partial charge is 0.493 e. The molecule has 0 spiro atoms. The van der Waals surface area contributed by atoms with Crippen molar-refractivity contribution in [2.75, 3.05) is 25.2 Å². The monoisotopic (exact) mass is 541 g/mol. The van der Waals surface area contributed by atoms with Crippen LogP contribution < -0.4 is 14.4 Å². The topological polar surface area (TPSA) is 65.1 Å². The molecule has 1 aliphatic rings. The molecule has 0 N–H and O–H groups in total. The molecule has 2 aromatic rings. The van der Waals surface area contributed by atoms with Crippen LogP contribution in [0.2, 0.25) is 5.02 Å². The summed E-state index contributed by atoms with van der Waals surface area (Å²) in [5.74, 6) is -0.195. The summed E-state index contributed by atoms with van der Waals surface area (Å²) in [4.78, 5) is 26.4. The van der Waals surface area contributed by atoms with Crippen LogP contribution in [0.15, 0.2) is 45.8 Å². The molecule has 0 unspecified atom stereocenters. The first kappa shape index (κ1) is 23.6. The van der Waals surface area contributed by atoms with Gasteiger partial charge in [0.25, 0.3) is 5.91 Å². The lowest BCUT2D eigenvalue weighted by atomic mass is 10.1. The average molecular weight is 543 g/mol. The van der Waals surface area contributed by atoms with E-state index in [1.54, 1.807) is 25.1 Å². The number of rotatable bonds is 7. The molecule has 0 saturated carbocycles. The van der Waals surface area contributed by atoms with Gasteiger partial charge in [0.1, 0.15) is 0 Å². The maximum absolute atomic E-state index is 12.9. The van der Waals surface area contributed by atoms with E-state index < -0.39 is 5.97 Å². The Bertz CT molecular complexity index is 1060. The molecule has 6 nitrogen and oxygen atoms in total. The van der Waals surface area contributed by atoms with Gasteiger partial charge in [-0.1, -0.05) is 51.5 Å². The minimum Gasteiger partial charge on any atom is -0.493 e. The van der Waals surface area contributed by atoms with Crippen molar-refractivity contribution in [3.63, 3.8) is 0 Å². The number of thiocarbonyl (C=S) groups is 1. The van der Waals surface area contributed by atoms with Crippen LogP contribution >= 0.6 is 51.5 Å². The van der Waals surface area contributed by atoms with E-state index in [-0.39, 0.29) is 29.9 Å². The van der Waals surface area contributed by atoms with Crippen molar-refractivity contribution in [3.05, 3.63) is 56.4 Å². The molecule has 0 bridgehead atoms. The summed E-state index contributed by atoms with van der Waals surface area (Å²) in [6.07, 6.45) is 1.68. The van der Waals surface area contributed by atoms with Gasteiger partial charge in [0.15, 0.2) is 22.4 Å². The first-order valence-electron chi connectivity index (χ1n) is 9.03. The number of benzene rings is 2. The van der Waals surface area contributed by atoms with Gasteiger partial charge in [-0.2, -0.15) is 0 Å². The highest BCUT2D eigenvalue weighted by molar-refractivity contribution is 9.10. The lowest BCUT2D eigenvalue weighted by Gasteiger charge is -2.14. The van der Waals surface area contributed by atoms with Crippen molar-refractivity contribution in [1.29, 1.82) is 0 Å². The molecular formula is C21H17BrClNO5S2. The number of esters is 1. The molecule has 1 saturated heterocycles. The first-order chi connectivity index (χ1) is 14.8. The fourth-order valence-electron chi connectivity index (χ4n) is 2.73. The summed E-state index contributed by atoms with van der Waals surface area (Å²) >= 11 is 16.3. The Morgan fingerprint density at radius 3 is 2.65 bits per heavy atom. The molecule has 10 heteroatoms. The Morgan fingerprint density at radius 1 is 1.29 bits per heavy atom. The molecule has 2 aromatic carbocycles. The molecule has 0 atom stereocenters. The van der Waals surface area contributed by atoms with Gasteiger partial charge < -0.3 is 14.2 Å². The van der Waals surface area contributed by atoms with E-state index in [9.17, 15) is 9.59 Å². The number of ether oxygens (including phenoxy) is 3. The third kappa shape index (κ3) is 5.60. The third-order valence-electron chi connectivity index (χ3n) is 4.07. The molecule has 3 rings (SSSR count). The Labute approximate surface area is 202 Å². The van der Waals surface area contributed by atoms with Crippen LogP contribution in [0.3, 0.4) is 0 Å². The normalized spacial score (nSPS) is 14.8. The van der Waals surface area contributed by atoms with Crippen molar-refractivity contribution in [2.24, 2.45) is 0 Å². The van der Waals surface area contributed by atoms with Crippen LogP contribution in [0.4, 0.5) is 5.69 Å². The molecular weight excluding hydrogens is 526 g/mol. The SMILES string of the molecule is CCOC(=O)COc1c(Cl)cc(C=C2SC(=S)N(c3ccc(Br)cc3)C2=O)cc1OC. The highest BCUT2D eigenvalue weighted by atomic mass is 79.9. The van der Waals surface area contributed by atoms with Crippen LogP contribution in [-0.4, -0.2) is 36.5 Å². The van der Waals surface area contributed by atoms with E-state index in [1.807, 2.05) is 24.3 Å². The Morgan fingerprint density at radius 2 is 2.00 bits per heavy atom. The predicted octanol–water partition coefficient (Wildman–Crippen LogP) is 5.46. The number of nitrogens with zero attached hydrogens (tertiary/aromatic N) is 1. The number of methoxy groups -OCH3 is 1. The summed E-state index contributed by atoms with van der Waals surface area (Å²) < 4.78 is 17.0. The van der Waals surface area contributed by atoms with E-state index in [4.69, 9.17) is 38.0 Å². The maximum atomic E-state index is 12.9. The summed E-state index contributed by atoms with van der Waals surface area (Å²) in [6, 6.07) is 10.6. The first-order valence-corrected chi connectivity index (χ1v) is 11.4. The third-order valence-corrected chi connectivity index (χ3v) is 6.18. The Hall–Kier alpha value is -2.07. The number of thioether (sulfide) groups is 1. The van der Waals surface area contributed by atoms with Gasteiger partial charge in [0.2, 0.25) is 0 Å². The van der Waals surface area contributed by atoms with Crippen LogP contribution in [-0.2, 0) is 14.3 Å². The van der Waals surface area contributed by atoms with E-state index >= 15 is 0 Å². The highest BCUT2D eigenvalue weighted by Gasteiger charge is 2.33. The number of amides is 1. The molecule has 1 amide bonds.